The molecule has 0 spiro atoms. The molecule has 0 radical (unpaired) electrons. The van der Waals surface area contributed by atoms with E-state index in [0.717, 1.165) is 61.8 Å². The summed E-state index contributed by atoms with van der Waals surface area (Å²) in [5.74, 6) is 2.26. The number of hydrogen-bond donors (Lipinski definition) is 2. The highest BCUT2D eigenvalue weighted by molar-refractivity contribution is 5.51. The molecule has 4 rings (SSSR count). The van der Waals surface area contributed by atoms with Crippen LogP contribution in [-0.2, 0) is 13.0 Å². The van der Waals surface area contributed by atoms with E-state index >= 15 is 0 Å². The third kappa shape index (κ3) is 3.81. The van der Waals surface area contributed by atoms with E-state index in [1.54, 1.807) is 6.33 Å². The molecule has 2 aliphatic heterocycles. The normalized spacial score (nSPS) is 19.8. The summed E-state index contributed by atoms with van der Waals surface area (Å²) in [6.07, 6.45) is 4.70. The molecule has 0 unspecified atom stereocenters. The smallest absolute Gasteiger partial charge is 0.133 e. The van der Waals surface area contributed by atoms with Crippen LogP contribution in [0.5, 0.6) is 5.75 Å². The standard InChI is InChI=1S/C20H26N4O2/c25-12-15-4-3-8-24(11-15)9-7-21-20-17-10-16-5-1-2-6-19(16)26-13-18(17)22-14-23-20/h1-2,5-6,14-15,25H,3-4,7-13H2,(H,21,22,23)/t15-/m1/s1. The Morgan fingerprint density at radius 3 is 3.12 bits per heavy atom. The second-order valence-electron chi connectivity index (χ2n) is 7.14. The van der Waals surface area contributed by atoms with Crippen LogP contribution >= 0.6 is 0 Å². The van der Waals surface area contributed by atoms with Crippen LogP contribution in [0.4, 0.5) is 5.82 Å². The maximum atomic E-state index is 9.38. The van der Waals surface area contributed by atoms with Gasteiger partial charge in [-0.3, -0.25) is 0 Å². The van der Waals surface area contributed by atoms with Crippen LogP contribution in [-0.4, -0.2) is 52.8 Å². The summed E-state index contributed by atoms with van der Waals surface area (Å²) in [4.78, 5) is 11.3. The van der Waals surface area contributed by atoms with E-state index < -0.39 is 0 Å². The molecule has 0 amide bonds. The van der Waals surface area contributed by atoms with Crippen molar-refractivity contribution in [3.05, 3.63) is 47.4 Å². The second kappa shape index (κ2) is 8.01. The van der Waals surface area contributed by atoms with E-state index in [4.69, 9.17) is 4.74 Å². The fraction of sp³-hybridized carbons (Fsp3) is 0.500. The summed E-state index contributed by atoms with van der Waals surface area (Å²) in [6, 6.07) is 8.15. The number of aliphatic hydroxyl groups is 1. The number of anilines is 1. The Kier molecular flexibility index (Phi) is 5.32. The number of nitrogens with zero attached hydrogens (tertiary/aromatic N) is 3. The maximum absolute atomic E-state index is 9.38. The Morgan fingerprint density at radius 1 is 1.27 bits per heavy atom. The SMILES string of the molecule is OC[C@@H]1CCCN(CCNc2ncnc3c2Cc2ccccc2OC3)C1. The van der Waals surface area contributed by atoms with Crippen molar-refractivity contribution in [2.24, 2.45) is 5.92 Å². The number of hydrogen-bond acceptors (Lipinski definition) is 6. The summed E-state index contributed by atoms with van der Waals surface area (Å²) in [7, 11) is 0. The van der Waals surface area contributed by atoms with Crippen LogP contribution in [0, 0.1) is 5.92 Å². The number of benzene rings is 1. The van der Waals surface area contributed by atoms with E-state index in [2.05, 4.69) is 26.3 Å². The van der Waals surface area contributed by atoms with E-state index in [-0.39, 0.29) is 0 Å². The summed E-state index contributed by atoms with van der Waals surface area (Å²) in [6.45, 7) is 4.67. The first-order valence-electron chi connectivity index (χ1n) is 9.44. The summed E-state index contributed by atoms with van der Waals surface area (Å²) < 4.78 is 5.90. The van der Waals surface area contributed by atoms with E-state index in [1.165, 1.54) is 12.0 Å². The zero-order chi connectivity index (χ0) is 17.8. The third-order valence-electron chi connectivity index (χ3n) is 5.32. The van der Waals surface area contributed by atoms with Crippen molar-refractivity contribution in [2.75, 3.05) is 38.1 Å². The molecule has 0 saturated carbocycles. The molecule has 1 atom stereocenters. The molecule has 1 aromatic carbocycles. The Bertz CT molecular complexity index is 752. The predicted octanol–water partition coefficient (Wildman–Crippen LogP) is 2.08. The second-order valence-corrected chi connectivity index (χ2v) is 7.14. The Hall–Kier alpha value is -2.18. The van der Waals surface area contributed by atoms with Gasteiger partial charge in [-0.1, -0.05) is 18.2 Å². The lowest BCUT2D eigenvalue weighted by molar-refractivity contribution is 0.123. The molecule has 6 nitrogen and oxygen atoms in total. The number of likely N-dealkylation sites (tertiary alicyclic amines) is 1. The molecule has 6 heteroatoms. The van der Waals surface area contributed by atoms with Crippen molar-refractivity contribution in [2.45, 2.75) is 25.9 Å². The number of piperidine rings is 1. The fourth-order valence-electron chi connectivity index (χ4n) is 3.87. The molecule has 2 aliphatic rings. The van der Waals surface area contributed by atoms with Crippen molar-refractivity contribution in [1.29, 1.82) is 0 Å². The molecule has 1 fully saturated rings. The molecular formula is C20H26N4O2. The highest BCUT2D eigenvalue weighted by Crippen LogP contribution is 2.30. The van der Waals surface area contributed by atoms with Gasteiger partial charge < -0.3 is 20.1 Å². The van der Waals surface area contributed by atoms with Crippen molar-refractivity contribution in [3.63, 3.8) is 0 Å². The molecule has 2 N–H and O–H groups in total. The van der Waals surface area contributed by atoms with Crippen molar-refractivity contribution in [3.8, 4) is 5.75 Å². The van der Waals surface area contributed by atoms with Gasteiger partial charge in [0.15, 0.2) is 0 Å². The van der Waals surface area contributed by atoms with E-state index in [1.807, 2.05) is 18.2 Å². The van der Waals surface area contributed by atoms with Gasteiger partial charge in [0.05, 0.1) is 5.69 Å². The average Bonchev–Trinajstić information content (AvgIpc) is 2.88. The lowest BCUT2D eigenvalue weighted by Gasteiger charge is -2.31. The van der Waals surface area contributed by atoms with Gasteiger partial charge in [-0.05, 0) is 36.9 Å². The van der Waals surface area contributed by atoms with Crippen LogP contribution in [0.2, 0.25) is 0 Å². The molecule has 1 aromatic heterocycles. The Labute approximate surface area is 154 Å². The lowest BCUT2D eigenvalue weighted by Crippen LogP contribution is -2.39. The van der Waals surface area contributed by atoms with Gasteiger partial charge >= 0.3 is 0 Å². The third-order valence-corrected chi connectivity index (χ3v) is 5.32. The van der Waals surface area contributed by atoms with E-state index in [9.17, 15) is 5.11 Å². The van der Waals surface area contributed by atoms with Gasteiger partial charge in [-0.25, -0.2) is 9.97 Å². The zero-order valence-corrected chi connectivity index (χ0v) is 15.0. The molecule has 0 bridgehead atoms. The minimum Gasteiger partial charge on any atom is -0.487 e. The predicted molar refractivity (Wildman–Crippen MR) is 100 cm³/mol. The van der Waals surface area contributed by atoms with Crippen LogP contribution in [0.3, 0.4) is 0 Å². The number of nitrogens with one attached hydrogen (secondary N) is 1. The number of para-hydroxylation sites is 1. The fourth-order valence-corrected chi connectivity index (χ4v) is 3.87. The van der Waals surface area contributed by atoms with Crippen molar-refractivity contribution >= 4 is 5.82 Å². The van der Waals surface area contributed by atoms with Crippen LogP contribution in [0.25, 0.3) is 0 Å². The van der Waals surface area contributed by atoms with Crippen LogP contribution in [0.1, 0.15) is 29.7 Å². The van der Waals surface area contributed by atoms with Crippen molar-refractivity contribution < 1.29 is 9.84 Å². The molecule has 1 saturated heterocycles. The Balaban J connectivity index is 1.42. The van der Waals surface area contributed by atoms with E-state index in [0.29, 0.717) is 19.1 Å². The number of fused-ring (bicyclic) bond motifs is 2. The summed E-state index contributed by atoms with van der Waals surface area (Å²) >= 11 is 0. The van der Waals surface area contributed by atoms with Gasteiger partial charge in [-0.15, -0.1) is 0 Å². The van der Waals surface area contributed by atoms with Gasteiger partial charge in [0.25, 0.3) is 0 Å². The highest BCUT2D eigenvalue weighted by Gasteiger charge is 2.20. The number of aliphatic hydroxyl groups excluding tert-OH is 1. The zero-order valence-electron chi connectivity index (χ0n) is 15.0. The van der Waals surface area contributed by atoms with Gasteiger partial charge in [-0.2, -0.15) is 0 Å². The average molecular weight is 354 g/mol. The van der Waals surface area contributed by atoms with Crippen LogP contribution in [0.15, 0.2) is 30.6 Å². The minimum atomic E-state index is 0.294. The monoisotopic (exact) mass is 354 g/mol. The quantitative estimate of drug-likeness (QED) is 0.857. The lowest BCUT2D eigenvalue weighted by atomic mass is 9.99. The summed E-state index contributed by atoms with van der Waals surface area (Å²) in [5.41, 5.74) is 3.26. The number of rotatable bonds is 5. The molecule has 2 aromatic rings. The largest absolute Gasteiger partial charge is 0.487 e. The first-order valence-corrected chi connectivity index (χ1v) is 9.44. The Morgan fingerprint density at radius 2 is 2.19 bits per heavy atom. The van der Waals surface area contributed by atoms with Crippen molar-refractivity contribution in [1.82, 2.24) is 14.9 Å². The minimum absolute atomic E-state index is 0.294. The molecule has 26 heavy (non-hydrogen) atoms. The summed E-state index contributed by atoms with van der Waals surface area (Å²) in [5, 5.41) is 12.9. The highest BCUT2D eigenvalue weighted by atomic mass is 16.5. The topological polar surface area (TPSA) is 70.5 Å². The molecule has 138 valence electrons. The van der Waals surface area contributed by atoms with Gasteiger partial charge in [0.1, 0.15) is 24.5 Å². The van der Waals surface area contributed by atoms with Gasteiger partial charge in [0.2, 0.25) is 0 Å². The molecular weight excluding hydrogens is 328 g/mol. The van der Waals surface area contributed by atoms with Gasteiger partial charge in [0, 0.05) is 38.2 Å². The maximum Gasteiger partial charge on any atom is 0.133 e. The first-order chi connectivity index (χ1) is 12.8. The first kappa shape index (κ1) is 17.2. The number of aromatic nitrogens is 2. The molecule has 3 heterocycles. The molecule has 0 aliphatic carbocycles. The van der Waals surface area contributed by atoms with Crippen LogP contribution < -0.4 is 10.1 Å². The number of ether oxygens (including phenoxy) is 1.